The SMILES string of the molecule is CC(C)CC(CO)NC(=O)c1cc([N+](=O)[O-])cc(Cl)c1Cl. The molecule has 2 N–H and O–H groups in total. The first-order valence-electron chi connectivity index (χ1n) is 6.31. The quantitative estimate of drug-likeness (QED) is 0.617. The van der Waals surface area contributed by atoms with E-state index in [-0.39, 0.29) is 33.8 Å². The largest absolute Gasteiger partial charge is 0.394 e. The topological polar surface area (TPSA) is 92.5 Å². The van der Waals surface area contributed by atoms with E-state index in [1.807, 2.05) is 13.8 Å². The molecule has 0 aliphatic carbocycles. The van der Waals surface area contributed by atoms with E-state index in [1.54, 1.807) is 0 Å². The van der Waals surface area contributed by atoms with Crippen molar-refractivity contribution in [1.82, 2.24) is 5.32 Å². The van der Waals surface area contributed by atoms with Gasteiger partial charge in [0, 0.05) is 12.1 Å². The van der Waals surface area contributed by atoms with Gasteiger partial charge in [0.15, 0.2) is 0 Å². The van der Waals surface area contributed by atoms with Gasteiger partial charge in [0.05, 0.1) is 33.2 Å². The van der Waals surface area contributed by atoms with Crippen molar-refractivity contribution in [2.45, 2.75) is 26.3 Å². The van der Waals surface area contributed by atoms with E-state index in [4.69, 9.17) is 23.2 Å². The maximum absolute atomic E-state index is 12.2. The van der Waals surface area contributed by atoms with Crippen molar-refractivity contribution < 1.29 is 14.8 Å². The third-order valence-corrected chi connectivity index (χ3v) is 3.58. The molecule has 0 saturated heterocycles. The third-order valence-electron chi connectivity index (χ3n) is 2.78. The summed E-state index contributed by atoms with van der Waals surface area (Å²) in [6, 6.07) is 1.69. The van der Waals surface area contributed by atoms with Gasteiger partial charge in [0.25, 0.3) is 11.6 Å². The Morgan fingerprint density at radius 2 is 2.05 bits per heavy atom. The lowest BCUT2D eigenvalue weighted by Crippen LogP contribution is -2.38. The molecule has 0 radical (unpaired) electrons. The van der Waals surface area contributed by atoms with Gasteiger partial charge < -0.3 is 10.4 Å². The number of carbonyl (C=O) groups excluding carboxylic acids is 1. The molecule has 21 heavy (non-hydrogen) atoms. The van der Waals surface area contributed by atoms with E-state index in [2.05, 4.69) is 5.32 Å². The molecule has 0 bridgehead atoms. The van der Waals surface area contributed by atoms with Gasteiger partial charge in [0.2, 0.25) is 0 Å². The summed E-state index contributed by atoms with van der Waals surface area (Å²) < 4.78 is 0. The number of nitro benzene ring substituents is 1. The van der Waals surface area contributed by atoms with Crippen molar-refractivity contribution >= 4 is 34.8 Å². The zero-order chi connectivity index (χ0) is 16.2. The Morgan fingerprint density at radius 1 is 1.43 bits per heavy atom. The normalized spacial score (nSPS) is 12.3. The standard InChI is InChI=1S/C13H16Cl2N2O4/c1-7(2)3-8(6-18)16-13(19)10-4-9(17(20)21)5-11(14)12(10)15/h4-5,7-8,18H,3,6H2,1-2H3,(H,16,19). The van der Waals surface area contributed by atoms with Crippen molar-refractivity contribution in [2.24, 2.45) is 5.92 Å². The number of carbonyl (C=O) groups is 1. The van der Waals surface area contributed by atoms with Crippen LogP contribution in [0, 0.1) is 16.0 Å². The fourth-order valence-corrected chi connectivity index (χ4v) is 2.27. The zero-order valence-corrected chi connectivity index (χ0v) is 13.1. The zero-order valence-electron chi connectivity index (χ0n) is 11.6. The second kappa shape index (κ2) is 7.59. The van der Waals surface area contributed by atoms with E-state index >= 15 is 0 Å². The average molecular weight is 335 g/mol. The molecule has 6 nitrogen and oxygen atoms in total. The van der Waals surface area contributed by atoms with Crippen LogP contribution in [-0.2, 0) is 0 Å². The molecule has 1 unspecified atom stereocenters. The highest BCUT2D eigenvalue weighted by Gasteiger charge is 2.21. The molecule has 0 fully saturated rings. The maximum atomic E-state index is 12.2. The Labute approximate surface area is 132 Å². The van der Waals surface area contributed by atoms with Crippen LogP contribution in [0.25, 0.3) is 0 Å². The van der Waals surface area contributed by atoms with Crippen molar-refractivity contribution in [3.05, 3.63) is 37.9 Å². The number of benzene rings is 1. The minimum atomic E-state index is -0.656. The molecule has 1 amide bonds. The number of rotatable bonds is 6. The van der Waals surface area contributed by atoms with E-state index in [0.717, 1.165) is 12.1 Å². The highest BCUT2D eigenvalue weighted by Crippen LogP contribution is 2.30. The number of amides is 1. The molecule has 0 aliphatic rings. The first-order chi connectivity index (χ1) is 9.76. The molecular formula is C13H16Cl2N2O4. The van der Waals surface area contributed by atoms with Gasteiger partial charge in [-0.2, -0.15) is 0 Å². The number of hydrogen-bond donors (Lipinski definition) is 2. The minimum Gasteiger partial charge on any atom is -0.394 e. The maximum Gasteiger partial charge on any atom is 0.271 e. The van der Waals surface area contributed by atoms with Crippen LogP contribution in [-0.4, -0.2) is 28.6 Å². The smallest absolute Gasteiger partial charge is 0.271 e. The van der Waals surface area contributed by atoms with Gasteiger partial charge in [-0.05, 0) is 12.3 Å². The van der Waals surface area contributed by atoms with Crippen LogP contribution in [0.15, 0.2) is 12.1 Å². The third kappa shape index (κ3) is 4.84. The van der Waals surface area contributed by atoms with Crippen LogP contribution in [0.1, 0.15) is 30.6 Å². The number of hydrogen-bond acceptors (Lipinski definition) is 4. The summed E-state index contributed by atoms with van der Waals surface area (Å²) in [4.78, 5) is 22.3. The summed E-state index contributed by atoms with van der Waals surface area (Å²) in [6.45, 7) is 3.67. The van der Waals surface area contributed by atoms with Gasteiger partial charge in [-0.1, -0.05) is 37.0 Å². The van der Waals surface area contributed by atoms with Gasteiger partial charge in [-0.25, -0.2) is 0 Å². The highest BCUT2D eigenvalue weighted by molar-refractivity contribution is 6.44. The monoisotopic (exact) mass is 334 g/mol. The molecule has 1 atom stereocenters. The van der Waals surface area contributed by atoms with E-state index in [1.165, 1.54) is 0 Å². The predicted molar refractivity (Wildman–Crippen MR) is 80.9 cm³/mol. The number of nitrogens with zero attached hydrogens (tertiary/aromatic N) is 1. The number of aliphatic hydroxyl groups is 1. The molecule has 1 rings (SSSR count). The van der Waals surface area contributed by atoms with E-state index in [0.29, 0.717) is 6.42 Å². The lowest BCUT2D eigenvalue weighted by Gasteiger charge is -2.18. The van der Waals surface area contributed by atoms with Crippen LogP contribution < -0.4 is 5.32 Å². The fourth-order valence-electron chi connectivity index (χ4n) is 1.86. The van der Waals surface area contributed by atoms with E-state index < -0.39 is 16.9 Å². The van der Waals surface area contributed by atoms with Crippen molar-refractivity contribution in [2.75, 3.05) is 6.61 Å². The molecule has 0 spiro atoms. The summed E-state index contributed by atoms with van der Waals surface area (Å²) in [5.74, 6) is -0.336. The summed E-state index contributed by atoms with van der Waals surface area (Å²) in [7, 11) is 0. The molecule has 8 heteroatoms. The molecule has 116 valence electrons. The molecule has 0 saturated carbocycles. The van der Waals surface area contributed by atoms with Gasteiger partial charge in [0.1, 0.15) is 0 Å². The van der Waals surface area contributed by atoms with E-state index in [9.17, 15) is 20.0 Å². The summed E-state index contributed by atoms with van der Waals surface area (Å²) in [6.07, 6.45) is 0.572. The Bertz CT molecular complexity index is 549. The number of aliphatic hydroxyl groups excluding tert-OH is 1. The second-order valence-electron chi connectivity index (χ2n) is 5.03. The predicted octanol–water partition coefficient (Wildman–Crippen LogP) is 3.04. The number of nitrogens with one attached hydrogen (secondary N) is 1. The van der Waals surface area contributed by atoms with Crippen LogP contribution >= 0.6 is 23.2 Å². The first kappa shape index (κ1) is 17.7. The minimum absolute atomic E-state index is 0.0546. The molecular weight excluding hydrogens is 319 g/mol. The fraction of sp³-hybridized carbons (Fsp3) is 0.462. The Balaban J connectivity index is 3.03. The Morgan fingerprint density at radius 3 is 2.52 bits per heavy atom. The van der Waals surface area contributed by atoms with Crippen LogP contribution in [0.5, 0.6) is 0 Å². The van der Waals surface area contributed by atoms with Gasteiger partial charge >= 0.3 is 0 Å². The van der Waals surface area contributed by atoms with Gasteiger partial charge in [-0.3, -0.25) is 14.9 Å². The lowest BCUT2D eigenvalue weighted by atomic mass is 10.0. The van der Waals surface area contributed by atoms with Crippen molar-refractivity contribution in [1.29, 1.82) is 0 Å². The summed E-state index contributed by atoms with van der Waals surface area (Å²) in [5.41, 5.74) is -0.406. The summed E-state index contributed by atoms with van der Waals surface area (Å²) in [5, 5.41) is 22.5. The van der Waals surface area contributed by atoms with Gasteiger partial charge in [-0.15, -0.1) is 0 Å². The molecule has 0 aliphatic heterocycles. The molecule has 0 aromatic heterocycles. The molecule has 0 heterocycles. The van der Waals surface area contributed by atoms with Crippen LogP contribution in [0.2, 0.25) is 10.0 Å². The Hall–Kier alpha value is -1.37. The van der Waals surface area contributed by atoms with Crippen molar-refractivity contribution in [3.8, 4) is 0 Å². The molecule has 1 aromatic rings. The second-order valence-corrected chi connectivity index (χ2v) is 5.81. The lowest BCUT2D eigenvalue weighted by molar-refractivity contribution is -0.384. The van der Waals surface area contributed by atoms with Crippen LogP contribution in [0.3, 0.4) is 0 Å². The number of non-ortho nitro benzene ring substituents is 1. The number of nitro groups is 1. The average Bonchev–Trinajstić information content (AvgIpc) is 2.39. The number of halogens is 2. The molecule has 1 aromatic carbocycles. The summed E-state index contributed by atoms with van der Waals surface area (Å²) >= 11 is 11.7. The highest BCUT2D eigenvalue weighted by atomic mass is 35.5. The first-order valence-corrected chi connectivity index (χ1v) is 7.07. The van der Waals surface area contributed by atoms with Crippen molar-refractivity contribution in [3.63, 3.8) is 0 Å². The Kier molecular flexibility index (Phi) is 6.39. The van der Waals surface area contributed by atoms with Crippen LogP contribution in [0.4, 0.5) is 5.69 Å².